The standard InChI is InChI=1S/C15H14N2O2/c16-15(19)11-8-14(18)17(9-11)13-7-3-5-10-4-1-2-6-12(10)13/h1-7,11H,8-9H2,(H2,16,19). The Labute approximate surface area is 110 Å². The van der Waals surface area contributed by atoms with Crippen molar-refractivity contribution >= 4 is 28.3 Å². The van der Waals surface area contributed by atoms with Gasteiger partial charge >= 0.3 is 0 Å². The molecule has 1 saturated heterocycles. The first-order valence-corrected chi connectivity index (χ1v) is 6.24. The number of amides is 2. The molecular formula is C15H14N2O2. The maximum absolute atomic E-state index is 12.1. The molecule has 19 heavy (non-hydrogen) atoms. The molecule has 2 N–H and O–H groups in total. The summed E-state index contributed by atoms with van der Waals surface area (Å²) in [6.07, 6.45) is 0.207. The third-order valence-electron chi connectivity index (χ3n) is 3.58. The van der Waals surface area contributed by atoms with E-state index >= 15 is 0 Å². The molecule has 0 saturated carbocycles. The number of hydrogen-bond donors (Lipinski definition) is 1. The predicted molar refractivity (Wildman–Crippen MR) is 73.6 cm³/mol. The molecule has 1 fully saturated rings. The Bertz CT molecular complexity index is 661. The molecule has 96 valence electrons. The molecule has 0 spiro atoms. The molecule has 0 radical (unpaired) electrons. The highest BCUT2D eigenvalue weighted by Crippen LogP contribution is 2.31. The van der Waals surface area contributed by atoms with E-state index < -0.39 is 5.91 Å². The maximum atomic E-state index is 12.1. The van der Waals surface area contributed by atoms with Crippen LogP contribution in [0.1, 0.15) is 6.42 Å². The largest absolute Gasteiger partial charge is 0.369 e. The van der Waals surface area contributed by atoms with Crippen LogP contribution in [0.4, 0.5) is 5.69 Å². The van der Waals surface area contributed by atoms with Gasteiger partial charge in [0, 0.05) is 18.4 Å². The number of nitrogens with two attached hydrogens (primary N) is 1. The average Bonchev–Trinajstić information content (AvgIpc) is 2.80. The van der Waals surface area contributed by atoms with E-state index in [4.69, 9.17) is 5.73 Å². The van der Waals surface area contributed by atoms with Gasteiger partial charge in [-0.1, -0.05) is 36.4 Å². The molecule has 4 nitrogen and oxygen atoms in total. The molecule has 0 aliphatic carbocycles. The molecule has 1 heterocycles. The highest BCUT2D eigenvalue weighted by molar-refractivity contribution is 6.06. The molecule has 0 bridgehead atoms. The van der Waals surface area contributed by atoms with Gasteiger partial charge in [0.05, 0.1) is 11.6 Å². The quantitative estimate of drug-likeness (QED) is 0.886. The molecule has 0 aromatic heterocycles. The van der Waals surface area contributed by atoms with E-state index in [0.717, 1.165) is 16.5 Å². The van der Waals surface area contributed by atoms with E-state index in [1.54, 1.807) is 4.90 Å². The second-order valence-electron chi connectivity index (χ2n) is 4.81. The van der Waals surface area contributed by atoms with Crippen LogP contribution in [0.15, 0.2) is 42.5 Å². The van der Waals surface area contributed by atoms with Crippen molar-refractivity contribution in [2.24, 2.45) is 11.7 Å². The molecule has 2 aromatic carbocycles. The summed E-state index contributed by atoms with van der Waals surface area (Å²) < 4.78 is 0. The lowest BCUT2D eigenvalue weighted by molar-refractivity contribution is -0.123. The van der Waals surface area contributed by atoms with Crippen LogP contribution in [0.2, 0.25) is 0 Å². The van der Waals surface area contributed by atoms with Crippen LogP contribution >= 0.6 is 0 Å². The monoisotopic (exact) mass is 254 g/mol. The number of benzene rings is 2. The minimum absolute atomic E-state index is 0.0415. The lowest BCUT2D eigenvalue weighted by atomic mass is 10.1. The summed E-state index contributed by atoms with van der Waals surface area (Å²) in [6, 6.07) is 13.7. The van der Waals surface area contributed by atoms with Gasteiger partial charge in [0.2, 0.25) is 11.8 Å². The van der Waals surface area contributed by atoms with Crippen LogP contribution in [0.5, 0.6) is 0 Å². The third kappa shape index (κ3) is 1.95. The fraction of sp³-hybridized carbons (Fsp3) is 0.200. The van der Waals surface area contributed by atoms with E-state index in [9.17, 15) is 9.59 Å². The molecule has 3 rings (SSSR count). The van der Waals surface area contributed by atoms with E-state index in [2.05, 4.69) is 0 Å². The Balaban J connectivity index is 2.05. The average molecular weight is 254 g/mol. The van der Waals surface area contributed by atoms with E-state index in [-0.39, 0.29) is 18.2 Å². The normalized spacial score (nSPS) is 19.1. The van der Waals surface area contributed by atoms with Crippen molar-refractivity contribution in [1.29, 1.82) is 0 Å². The van der Waals surface area contributed by atoms with Crippen molar-refractivity contribution in [2.75, 3.05) is 11.4 Å². The zero-order chi connectivity index (χ0) is 13.4. The molecule has 1 atom stereocenters. The lowest BCUT2D eigenvalue weighted by Gasteiger charge is -2.18. The van der Waals surface area contributed by atoms with Crippen LogP contribution in [0, 0.1) is 5.92 Å². The minimum atomic E-state index is -0.406. The van der Waals surface area contributed by atoms with Crippen molar-refractivity contribution in [2.45, 2.75) is 6.42 Å². The second-order valence-corrected chi connectivity index (χ2v) is 4.81. The lowest BCUT2D eigenvalue weighted by Crippen LogP contribution is -2.28. The van der Waals surface area contributed by atoms with Crippen molar-refractivity contribution < 1.29 is 9.59 Å². The van der Waals surface area contributed by atoms with E-state index in [1.807, 2.05) is 42.5 Å². The number of primary amides is 1. The Morgan fingerprint density at radius 1 is 1.16 bits per heavy atom. The first kappa shape index (κ1) is 11.7. The van der Waals surface area contributed by atoms with Gasteiger partial charge < -0.3 is 10.6 Å². The highest BCUT2D eigenvalue weighted by Gasteiger charge is 2.34. The molecule has 4 heteroatoms. The number of carbonyl (C=O) groups is 2. The number of carbonyl (C=O) groups excluding carboxylic acids is 2. The fourth-order valence-electron chi connectivity index (χ4n) is 2.57. The van der Waals surface area contributed by atoms with Crippen molar-refractivity contribution in [3.63, 3.8) is 0 Å². The maximum Gasteiger partial charge on any atom is 0.227 e. The first-order valence-electron chi connectivity index (χ1n) is 6.24. The van der Waals surface area contributed by atoms with Crippen LogP contribution in [0.3, 0.4) is 0 Å². The van der Waals surface area contributed by atoms with Gasteiger partial charge in [0.1, 0.15) is 0 Å². The third-order valence-corrected chi connectivity index (χ3v) is 3.58. The van der Waals surface area contributed by atoms with Crippen molar-refractivity contribution in [1.82, 2.24) is 0 Å². The van der Waals surface area contributed by atoms with Crippen LogP contribution in [-0.4, -0.2) is 18.4 Å². The topological polar surface area (TPSA) is 63.4 Å². The number of hydrogen-bond acceptors (Lipinski definition) is 2. The molecule has 1 unspecified atom stereocenters. The smallest absolute Gasteiger partial charge is 0.227 e. The summed E-state index contributed by atoms with van der Waals surface area (Å²) in [4.78, 5) is 24.9. The van der Waals surface area contributed by atoms with Gasteiger partial charge in [-0.05, 0) is 11.5 Å². The van der Waals surface area contributed by atoms with Gasteiger partial charge in [-0.15, -0.1) is 0 Å². The first-order chi connectivity index (χ1) is 9.16. The summed E-state index contributed by atoms with van der Waals surface area (Å²) in [5, 5.41) is 2.10. The Morgan fingerprint density at radius 3 is 2.63 bits per heavy atom. The minimum Gasteiger partial charge on any atom is -0.369 e. The Hall–Kier alpha value is -2.36. The van der Waals surface area contributed by atoms with Crippen LogP contribution in [0.25, 0.3) is 10.8 Å². The molecule has 2 amide bonds. The molecule has 1 aliphatic heterocycles. The van der Waals surface area contributed by atoms with Gasteiger partial charge in [0.25, 0.3) is 0 Å². The van der Waals surface area contributed by atoms with E-state index in [1.165, 1.54) is 0 Å². The van der Waals surface area contributed by atoms with Gasteiger partial charge in [0.15, 0.2) is 0 Å². The second kappa shape index (κ2) is 4.39. The number of rotatable bonds is 2. The summed E-state index contributed by atoms with van der Waals surface area (Å²) in [5.41, 5.74) is 6.15. The van der Waals surface area contributed by atoms with Crippen molar-refractivity contribution in [3.8, 4) is 0 Å². The summed E-state index contributed by atoms with van der Waals surface area (Å²) >= 11 is 0. The number of nitrogens with zero attached hydrogens (tertiary/aromatic N) is 1. The van der Waals surface area contributed by atoms with E-state index in [0.29, 0.717) is 6.54 Å². The Kier molecular flexibility index (Phi) is 2.71. The van der Waals surface area contributed by atoms with Gasteiger partial charge in [-0.3, -0.25) is 9.59 Å². The van der Waals surface area contributed by atoms with Crippen LogP contribution < -0.4 is 10.6 Å². The summed E-state index contributed by atoms with van der Waals surface area (Å²) in [6.45, 7) is 0.377. The fourth-order valence-corrected chi connectivity index (χ4v) is 2.57. The number of fused-ring (bicyclic) bond motifs is 1. The van der Waals surface area contributed by atoms with Crippen LogP contribution in [-0.2, 0) is 9.59 Å². The zero-order valence-corrected chi connectivity index (χ0v) is 10.4. The molecular weight excluding hydrogens is 240 g/mol. The highest BCUT2D eigenvalue weighted by atomic mass is 16.2. The molecule has 1 aliphatic rings. The number of anilines is 1. The van der Waals surface area contributed by atoms with Crippen molar-refractivity contribution in [3.05, 3.63) is 42.5 Å². The summed E-state index contributed by atoms with van der Waals surface area (Å²) in [7, 11) is 0. The SMILES string of the molecule is NC(=O)C1CC(=O)N(c2cccc3ccccc23)C1. The predicted octanol–water partition coefficient (Wildman–Crippen LogP) is 1.68. The van der Waals surface area contributed by atoms with Gasteiger partial charge in [-0.2, -0.15) is 0 Å². The van der Waals surface area contributed by atoms with Gasteiger partial charge in [-0.25, -0.2) is 0 Å². The summed E-state index contributed by atoms with van der Waals surface area (Å²) in [5.74, 6) is -0.831. The zero-order valence-electron chi connectivity index (χ0n) is 10.4. The molecule has 2 aromatic rings. The Morgan fingerprint density at radius 2 is 1.89 bits per heavy atom.